The first-order valence-electron chi connectivity index (χ1n) is 6.92. The van der Waals surface area contributed by atoms with E-state index in [9.17, 15) is 4.79 Å². The van der Waals surface area contributed by atoms with E-state index in [1.165, 1.54) is 17.5 Å². The zero-order valence-corrected chi connectivity index (χ0v) is 11.8. The van der Waals surface area contributed by atoms with Crippen molar-refractivity contribution in [3.8, 4) is 0 Å². The van der Waals surface area contributed by atoms with Gasteiger partial charge in [0.1, 0.15) is 0 Å². The number of carbonyl (C=O) groups is 1. The molecule has 0 spiro atoms. The maximum Gasteiger partial charge on any atom is 0.224 e. The Morgan fingerprint density at radius 3 is 2.72 bits per heavy atom. The molecule has 2 rings (SSSR count). The van der Waals surface area contributed by atoms with Crippen LogP contribution in [-0.4, -0.2) is 5.91 Å². The van der Waals surface area contributed by atoms with Crippen molar-refractivity contribution in [3.05, 3.63) is 29.3 Å². The molecule has 1 aromatic carbocycles. The van der Waals surface area contributed by atoms with Crippen molar-refractivity contribution in [2.45, 2.75) is 58.3 Å². The van der Waals surface area contributed by atoms with E-state index in [1.807, 2.05) is 13.0 Å². The Morgan fingerprint density at radius 2 is 2.11 bits per heavy atom. The topological polar surface area (TPSA) is 29.1 Å². The standard InChI is InChI=1S/C16H23NO/c1-5-11-10-16(3,4)12-8-7-9-13(15(11)12)17-14(18)6-2/h7-9,11H,5-6,10H2,1-4H3,(H,17,18). The zero-order chi connectivity index (χ0) is 13.3. The lowest BCUT2D eigenvalue weighted by Crippen LogP contribution is -2.13. The second kappa shape index (κ2) is 4.75. The summed E-state index contributed by atoms with van der Waals surface area (Å²) in [5.74, 6) is 0.673. The second-order valence-electron chi connectivity index (χ2n) is 5.86. The third-order valence-electron chi connectivity index (χ3n) is 4.09. The first-order chi connectivity index (χ1) is 8.49. The quantitative estimate of drug-likeness (QED) is 0.849. The molecule has 18 heavy (non-hydrogen) atoms. The van der Waals surface area contributed by atoms with Crippen LogP contribution >= 0.6 is 0 Å². The van der Waals surface area contributed by atoms with E-state index in [0.29, 0.717) is 12.3 Å². The van der Waals surface area contributed by atoms with Gasteiger partial charge in [-0.05, 0) is 41.4 Å². The summed E-state index contributed by atoms with van der Waals surface area (Å²) in [5, 5.41) is 3.06. The van der Waals surface area contributed by atoms with Crippen molar-refractivity contribution in [3.63, 3.8) is 0 Å². The van der Waals surface area contributed by atoms with Crippen molar-refractivity contribution in [1.29, 1.82) is 0 Å². The van der Waals surface area contributed by atoms with Crippen LogP contribution in [0.1, 0.15) is 64.0 Å². The minimum atomic E-state index is 0.1000. The molecular weight excluding hydrogens is 222 g/mol. The minimum Gasteiger partial charge on any atom is -0.326 e. The van der Waals surface area contributed by atoms with Gasteiger partial charge in [0.2, 0.25) is 5.91 Å². The number of fused-ring (bicyclic) bond motifs is 1. The average molecular weight is 245 g/mol. The van der Waals surface area contributed by atoms with Gasteiger partial charge >= 0.3 is 0 Å². The predicted octanol–water partition coefficient (Wildman–Crippen LogP) is 4.21. The number of benzene rings is 1. The van der Waals surface area contributed by atoms with E-state index in [-0.39, 0.29) is 11.3 Å². The van der Waals surface area contributed by atoms with Gasteiger partial charge in [-0.25, -0.2) is 0 Å². The van der Waals surface area contributed by atoms with E-state index in [2.05, 4.69) is 38.2 Å². The van der Waals surface area contributed by atoms with Crippen molar-refractivity contribution in [2.24, 2.45) is 0 Å². The van der Waals surface area contributed by atoms with Gasteiger partial charge in [-0.1, -0.05) is 39.8 Å². The fourth-order valence-corrected chi connectivity index (χ4v) is 3.12. The molecule has 2 nitrogen and oxygen atoms in total. The minimum absolute atomic E-state index is 0.1000. The van der Waals surface area contributed by atoms with Crippen LogP contribution in [-0.2, 0) is 10.2 Å². The molecule has 0 heterocycles. The van der Waals surface area contributed by atoms with Crippen LogP contribution in [0.4, 0.5) is 5.69 Å². The molecule has 1 amide bonds. The van der Waals surface area contributed by atoms with Crippen molar-refractivity contribution < 1.29 is 4.79 Å². The second-order valence-corrected chi connectivity index (χ2v) is 5.86. The number of hydrogen-bond donors (Lipinski definition) is 1. The molecule has 1 N–H and O–H groups in total. The van der Waals surface area contributed by atoms with E-state index in [0.717, 1.165) is 12.1 Å². The Kier molecular flexibility index (Phi) is 3.47. The summed E-state index contributed by atoms with van der Waals surface area (Å²) in [4.78, 5) is 11.6. The fraction of sp³-hybridized carbons (Fsp3) is 0.562. The maximum atomic E-state index is 11.6. The molecular formula is C16H23NO. The fourth-order valence-electron chi connectivity index (χ4n) is 3.12. The lowest BCUT2D eigenvalue weighted by atomic mass is 9.86. The molecule has 0 aliphatic heterocycles. The first kappa shape index (κ1) is 13.1. The molecule has 98 valence electrons. The normalized spacial score (nSPS) is 20.6. The van der Waals surface area contributed by atoms with Crippen LogP contribution in [0.5, 0.6) is 0 Å². The number of amides is 1. The molecule has 1 aromatic rings. The van der Waals surface area contributed by atoms with Gasteiger partial charge in [0.25, 0.3) is 0 Å². The van der Waals surface area contributed by atoms with Gasteiger partial charge in [0.15, 0.2) is 0 Å². The highest BCUT2D eigenvalue weighted by atomic mass is 16.1. The number of rotatable bonds is 3. The van der Waals surface area contributed by atoms with Crippen LogP contribution in [0, 0.1) is 0 Å². The van der Waals surface area contributed by atoms with Crippen molar-refractivity contribution >= 4 is 11.6 Å². The highest BCUT2D eigenvalue weighted by Gasteiger charge is 2.37. The predicted molar refractivity (Wildman–Crippen MR) is 76.0 cm³/mol. The smallest absolute Gasteiger partial charge is 0.224 e. The Labute approximate surface area is 110 Å². The lowest BCUT2D eigenvalue weighted by Gasteiger charge is -2.19. The summed E-state index contributed by atoms with van der Waals surface area (Å²) in [6.07, 6.45) is 2.84. The number of hydrogen-bond acceptors (Lipinski definition) is 1. The summed E-state index contributed by atoms with van der Waals surface area (Å²) >= 11 is 0. The molecule has 0 fully saturated rings. The SMILES string of the molecule is CCC(=O)Nc1cccc2c1C(CC)CC2(C)C. The van der Waals surface area contributed by atoms with Crippen LogP contribution in [0.2, 0.25) is 0 Å². The molecule has 0 saturated heterocycles. The average Bonchev–Trinajstić information content (AvgIpc) is 2.62. The van der Waals surface area contributed by atoms with Crippen LogP contribution in [0.15, 0.2) is 18.2 Å². The summed E-state index contributed by atoms with van der Waals surface area (Å²) in [6, 6.07) is 6.31. The molecule has 1 atom stereocenters. The molecule has 2 heteroatoms. The largest absolute Gasteiger partial charge is 0.326 e. The van der Waals surface area contributed by atoms with Gasteiger partial charge in [-0.3, -0.25) is 4.79 Å². The molecule has 1 aliphatic carbocycles. The Morgan fingerprint density at radius 1 is 1.39 bits per heavy atom. The third-order valence-corrected chi connectivity index (χ3v) is 4.09. The Hall–Kier alpha value is -1.31. The van der Waals surface area contributed by atoms with Gasteiger partial charge in [0.05, 0.1) is 0 Å². The van der Waals surface area contributed by atoms with Gasteiger partial charge < -0.3 is 5.32 Å². The molecule has 1 aliphatic rings. The van der Waals surface area contributed by atoms with E-state index in [1.54, 1.807) is 0 Å². The molecule has 0 aromatic heterocycles. The van der Waals surface area contributed by atoms with Gasteiger partial charge in [-0.2, -0.15) is 0 Å². The van der Waals surface area contributed by atoms with Crippen molar-refractivity contribution in [2.75, 3.05) is 5.32 Å². The summed E-state index contributed by atoms with van der Waals surface area (Å²) in [6.45, 7) is 8.72. The summed E-state index contributed by atoms with van der Waals surface area (Å²) < 4.78 is 0. The molecule has 0 bridgehead atoms. The third kappa shape index (κ3) is 2.16. The lowest BCUT2D eigenvalue weighted by molar-refractivity contribution is -0.115. The summed E-state index contributed by atoms with van der Waals surface area (Å²) in [7, 11) is 0. The molecule has 0 radical (unpaired) electrons. The molecule has 0 saturated carbocycles. The molecule has 1 unspecified atom stereocenters. The van der Waals surface area contributed by atoms with Crippen LogP contribution < -0.4 is 5.32 Å². The van der Waals surface area contributed by atoms with Crippen LogP contribution in [0.3, 0.4) is 0 Å². The van der Waals surface area contributed by atoms with Gasteiger partial charge in [0, 0.05) is 12.1 Å². The number of nitrogens with one attached hydrogen (secondary N) is 1. The Bertz CT molecular complexity index is 462. The van der Waals surface area contributed by atoms with E-state index >= 15 is 0 Å². The van der Waals surface area contributed by atoms with E-state index < -0.39 is 0 Å². The highest BCUT2D eigenvalue weighted by Crippen LogP contribution is 2.49. The Balaban J connectivity index is 2.46. The van der Waals surface area contributed by atoms with Crippen molar-refractivity contribution in [1.82, 2.24) is 0 Å². The zero-order valence-electron chi connectivity index (χ0n) is 11.8. The van der Waals surface area contributed by atoms with E-state index in [4.69, 9.17) is 0 Å². The highest BCUT2D eigenvalue weighted by molar-refractivity contribution is 5.91. The first-order valence-corrected chi connectivity index (χ1v) is 6.92. The summed E-state index contributed by atoms with van der Waals surface area (Å²) in [5.41, 5.74) is 4.02. The van der Waals surface area contributed by atoms with Crippen LogP contribution in [0.25, 0.3) is 0 Å². The maximum absolute atomic E-state index is 11.6. The van der Waals surface area contributed by atoms with Gasteiger partial charge in [-0.15, -0.1) is 0 Å². The number of carbonyl (C=O) groups excluding carboxylic acids is 1. The number of anilines is 1. The monoisotopic (exact) mass is 245 g/mol.